The van der Waals surface area contributed by atoms with Crippen LogP contribution in [0.4, 0.5) is 0 Å². The summed E-state index contributed by atoms with van der Waals surface area (Å²) < 4.78 is 0. The zero-order valence-electron chi connectivity index (χ0n) is 11.1. The minimum Gasteiger partial charge on any atom is -0.257 e. The molecule has 0 spiro atoms. The number of benzene rings is 2. The lowest BCUT2D eigenvalue weighted by molar-refractivity contribution is 1.24. The third kappa shape index (κ3) is 2.37. The van der Waals surface area contributed by atoms with Crippen molar-refractivity contribution < 1.29 is 0 Å². The van der Waals surface area contributed by atoms with Gasteiger partial charge in [-0.15, -0.1) is 0 Å². The largest absolute Gasteiger partial charge is 0.257 e. The molecule has 1 heteroatoms. The van der Waals surface area contributed by atoms with Crippen molar-refractivity contribution in [3.8, 4) is 0 Å². The summed E-state index contributed by atoms with van der Waals surface area (Å²) in [5.41, 5.74) is 6.27. The second-order valence-electron chi connectivity index (χ2n) is 4.77. The Hall–Kier alpha value is -2.15. The minimum atomic E-state index is 0.977. The summed E-state index contributed by atoms with van der Waals surface area (Å²) in [6, 6.07) is 21.1. The van der Waals surface area contributed by atoms with Gasteiger partial charge in [0.15, 0.2) is 0 Å². The Balaban J connectivity index is 2.10. The van der Waals surface area contributed by atoms with Gasteiger partial charge in [-0.05, 0) is 17.6 Å². The molecule has 3 rings (SSSR count). The van der Waals surface area contributed by atoms with E-state index in [9.17, 15) is 0 Å². The van der Waals surface area contributed by atoms with E-state index in [-0.39, 0.29) is 0 Å². The van der Waals surface area contributed by atoms with Crippen LogP contribution in [0.15, 0.2) is 65.7 Å². The standard InChI is InChI=1S/C18H17N/c1-2-16-13-17(14-9-5-3-6-10-14)18(19-16)15-11-7-4-8-12-15/h3-12H,2,13H2,1H3. The van der Waals surface area contributed by atoms with E-state index in [2.05, 4.69) is 61.5 Å². The van der Waals surface area contributed by atoms with Crippen molar-refractivity contribution in [1.29, 1.82) is 0 Å². The summed E-state index contributed by atoms with van der Waals surface area (Å²) in [4.78, 5) is 4.83. The lowest BCUT2D eigenvalue weighted by atomic mass is 9.97. The van der Waals surface area contributed by atoms with E-state index >= 15 is 0 Å². The van der Waals surface area contributed by atoms with Gasteiger partial charge in [0.1, 0.15) is 0 Å². The number of hydrogen-bond donors (Lipinski definition) is 0. The Morgan fingerprint density at radius 2 is 1.42 bits per heavy atom. The number of allylic oxidation sites excluding steroid dienone is 1. The first-order valence-corrected chi connectivity index (χ1v) is 6.79. The van der Waals surface area contributed by atoms with E-state index in [4.69, 9.17) is 4.99 Å². The van der Waals surface area contributed by atoms with Crippen LogP contribution in [0.1, 0.15) is 30.9 Å². The van der Waals surface area contributed by atoms with Gasteiger partial charge in [0.2, 0.25) is 0 Å². The number of hydrogen-bond acceptors (Lipinski definition) is 1. The van der Waals surface area contributed by atoms with E-state index in [1.54, 1.807) is 0 Å². The molecular formula is C18H17N. The molecule has 0 radical (unpaired) electrons. The summed E-state index contributed by atoms with van der Waals surface area (Å²) in [7, 11) is 0. The average Bonchev–Trinajstić information content (AvgIpc) is 2.93. The van der Waals surface area contributed by atoms with Crippen molar-refractivity contribution in [2.24, 2.45) is 4.99 Å². The number of nitrogens with zero attached hydrogens (tertiary/aromatic N) is 1. The first-order chi connectivity index (χ1) is 9.38. The van der Waals surface area contributed by atoms with Crippen LogP contribution in [-0.2, 0) is 0 Å². The van der Waals surface area contributed by atoms with Gasteiger partial charge >= 0.3 is 0 Å². The molecule has 0 aliphatic carbocycles. The monoisotopic (exact) mass is 247 g/mol. The summed E-state index contributed by atoms with van der Waals surface area (Å²) in [6.45, 7) is 2.18. The van der Waals surface area contributed by atoms with Gasteiger partial charge in [0.25, 0.3) is 0 Å². The van der Waals surface area contributed by atoms with Crippen molar-refractivity contribution in [3.63, 3.8) is 0 Å². The fraction of sp³-hybridized carbons (Fsp3) is 0.167. The first-order valence-electron chi connectivity index (χ1n) is 6.79. The van der Waals surface area contributed by atoms with Gasteiger partial charge in [-0.3, -0.25) is 4.99 Å². The highest BCUT2D eigenvalue weighted by atomic mass is 14.8. The van der Waals surface area contributed by atoms with Crippen molar-refractivity contribution >= 4 is 17.0 Å². The maximum absolute atomic E-state index is 4.83. The summed E-state index contributed by atoms with van der Waals surface area (Å²) in [5.74, 6) is 0. The van der Waals surface area contributed by atoms with Gasteiger partial charge in [-0.25, -0.2) is 0 Å². The Labute approximate surface area is 114 Å². The maximum atomic E-state index is 4.83. The molecule has 0 N–H and O–H groups in total. The fourth-order valence-electron chi connectivity index (χ4n) is 2.47. The van der Waals surface area contributed by atoms with E-state index in [0.29, 0.717) is 0 Å². The molecule has 0 amide bonds. The predicted octanol–water partition coefficient (Wildman–Crippen LogP) is 4.81. The van der Waals surface area contributed by atoms with Crippen molar-refractivity contribution in [1.82, 2.24) is 0 Å². The fourth-order valence-corrected chi connectivity index (χ4v) is 2.47. The van der Waals surface area contributed by atoms with Gasteiger partial charge in [0.05, 0.1) is 5.70 Å². The Morgan fingerprint density at radius 3 is 2.00 bits per heavy atom. The molecule has 0 saturated carbocycles. The van der Waals surface area contributed by atoms with Gasteiger partial charge in [-0.2, -0.15) is 0 Å². The average molecular weight is 247 g/mol. The second kappa shape index (κ2) is 5.23. The number of rotatable bonds is 3. The lowest BCUT2D eigenvalue weighted by Gasteiger charge is -2.06. The van der Waals surface area contributed by atoms with E-state index in [0.717, 1.165) is 18.5 Å². The van der Waals surface area contributed by atoms with E-state index < -0.39 is 0 Å². The van der Waals surface area contributed by atoms with Crippen molar-refractivity contribution in [3.05, 3.63) is 71.8 Å². The highest BCUT2D eigenvalue weighted by Crippen LogP contribution is 2.35. The summed E-state index contributed by atoms with van der Waals surface area (Å²) >= 11 is 0. The first kappa shape index (κ1) is 11.9. The van der Waals surface area contributed by atoms with Gasteiger partial charge < -0.3 is 0 Å². The minimum absolute atomic E-state index is 0.977. The van der Waals surface area contributed by atoms with Crippen LogP contribution >= 0.6 is 0 Å². The Bertz CT molecular complexity index is 621. The molecule has 1 aliphatic rings. The van der Waals surface area contributed by atoms with Crippen LogP contribution in [-0.4, -0.2) is 5.71 Å². The van der Waals surface area contributed by atoms with Gasteiger partial charge in [0, 0.05) is 17.7 Å². The van der Waals surface area contributed by atoms with Crippen LogP contribution < -0.4 is 0 Å². The van der Waals surface area contributed by atoms with Crippen LogP contribution in [0.5, 0.6) is 0 Å². The molecular weight excluding hydrogens is 230 g/mol. The zero-order chi connectivity index (χ0) is 13.1. The van der Waals surface area contributed by atoms with Crippen molar-refractivity contribution in [2.75, 3.05) is 0 Å². The molecule has 0 atom stereocenters. The molecule has 2 aromatic carbocycles. The normalized spacial score (nSPS) is 14.7. The van der Waals surface area contributed by atoms with Crippen LogP contribution in [0.2, 0.25) is 0 Å². The predicted molar refractivity (Wildman–Crippen MR) is 82.0 cm³/mol. The van der Waals surface area contributed by atoms with E-state index in [1.165, 1.54) is 22.4 Å². The molecule has 0 aromatic heterocycles. The molecule has 1 aliphatic heterocycles. The van der Waals surface area contributed by atoms with Crippen LogP contribution in [0, 0.1) is 0 Å². The third-order valence-corrected chi connectivity index (χ3v) is 3.51. The molecule has 0 saturated heterocycles. The van der Waals surface area contributed by atoms with E-state index in [1.807, 2.05) is 6.07 Å². The van der Waals surface area contributed by atoms with Crippen molar-refractivity contribution in [2.45, 2.75) is 19.8 Å². The Kier molecular flexibility index (Phi) is 3.28. The maximum Gasteiger partial charge on any atom is 0.0743 e. The Morgan fingerprint density at radius 1 is 0.842 bits per heavy atom. The molecule has 19 heavy (non-hydrogen) atoms. The zero-order valence-corrected chi connectivity index (χ0v) is 11.1. The molecule has 1 nitrogen and oxygen atoms in total. The second-order valence-corrected chi connectivity index (χ2v) is 4.77. The van der Waals surface area contributed by atoms with Crippen LogP contribution in [0.25, 0.3) is 11.3 Å². The molecule has 1 heterocycles. The molecule has 0 unspecified atom stereocenters. The highest BCUT2D eigenvalue weighted by molar-refractivity contribution is 6.09. The quantitative estimate of drug-likeness (QED) is 0.738. The highest BCUT2D eigenvalue weighted by Gasteiger charge is 2.19. The molecule has 0 bridgehead atoms. The molecule has 2 aromatic rings. The SMILES string of the molecule is CCC1=NC(c2ccccc2)=C(c2ccccc2)C1. The molecule has 0 fully saturated rings. The van der Waals surface area contributed by atoms with Crippen LogP contribution in [0.3, 0.4) is 0 Å². The number of aliphatic imine (C=N–C) groups is 1. The lowest BCUT2D eigenvalue weighted by Crippen LogP contribution is -1.91. The summed E-state index contributed by atoms with van der Waals surface area (Å²) in [6.07, 6.45) is 2.00. The topological polar surface area (TPSA) is 12.4 Å². The molecule has 94 valence electrons. The van der Waals surface area contributed by atoms with Gasteiger partial charge in [-0.1, -0.05) is 67.6 Å². The summed E-state index contributed by atoms with van der Waals surface area (Å²) in [5, 5.41) is 0. The third-order valence-electron chi connectivity index (χ3n) is 3.51. The smallest absolute Gasteiger partial charge is 0.0743 e.